The average molecular weight is 432 g/mol. The lowest BCUT2D eigenvalue weighted by atomic mass is 10.3. The van der Waals surface area contributed by atoms with Gasteiger partial charge in [-0.15, -0.1) is 0 Å². The number of ether oxygens (including phenoxy) is 1. The van der Waals surface area contributed by atoms with Crippen molar-refractivity contribution in [3.63, 3.8) is 0 Å². The third-order valence-corrected chi connectivity index (χ3v) is 4.95. The average Bonchev–Trinajstić information content (AvgIpc) is 3.36. The second-order valence-electron chi connectivity index (χ2n) is 7.46. The summed E-state index contributed by atoms with van der Waals surface area (Å²) in [6.45, 7) is 6.64. The Hall–Kier alpha value is -3.14. The Kier molecular flexibility index (Phi) is 7.45. The fourth-order valence-corrected chi connectivity index (χ4v) is 3.26. The van der Waals surface area contributed by atoms with Crippen LogP contribution in [0.4, 0.5) is 10.1 Å². The van der Waals surface area contributed by atoms with Crippen LogP contribution in [0, 0.1) is 5.82 Å². The summed E-state index contributed by atoms with van der Waals surface area (Å²) < 4.78 is 20.0. The third-order valence-electron chi connectivity index (χ3n) is 4.95. The fraction of sp³-hybridized carbons (Fsp3) is 0.476. The number of hydrogen-bond acceptors (Lipinski definition) is 6. The molecule has 0 aliphatic carbocycles. The number of amides is 1. The Morgan fingerprint density at radius 2 is 2.03 bits per heavy atom. The highest BCUT2D eigenvalue weighted by Gasteiger charge is 2.17. The SMILES string of the molecule is CCN(CC)C(=O)CNc1c[nH]nc1-c1nc2cc(F)c(OCCCN(C)C)cc2[nH]1. The summed E-state index contributed by atoms with van der Waals surface area (Å²) in [6.07, 6.45) is 2.46. The first kappa shape index (κ1) is 22.5. The number of carbonyl (C=O) groups is 1. The summed E-state index contributed by atoms with van der Waals surface area (Å²) in [6, 6.07) is 2.96. The number of aromatic nitrogens is 4. The number of nitrogens with one attached hydrogen (secondary N) is 3. The number of benzene rings is 1. The van der Waals surface area contributed by atoms with Gasteiger partial charge >= 0.3 is 0 Å². The van der Waals surface area contributed by atoms with Gasteiger partial charge in [0.25, 0.3) is 0 Å². The van der Waals surface area contributed by atoms with E-state index in [1.807, 2.05) is 27.9 Å². The number of likely N-dealkylation sites (N-methyl/N-ethyl adjacent to an activating group) is 1. The van der Waals surface area contributed by atoms with Crippen molar-refractivity contribution in [3.8, 4) is 17.3 Å². The Morgan fingerprint density at radius 1 is 1.26 bits per heavy atom. The summed E-state index contributed by atoms with van der Waals surface area (Å²) in [5.41, 5.74) is 2.28. The summed E-state index contributed by atoms with van der Waals surface area (Å²) in [5.74, 6) is 0.199. The molecule has 0 aliphatic heterocycles. The van der Waals surface area contributed by atoms with E-state index in [9.17, 15) is 9.18 Å². The van der Waals surface area contributed by atoms with Crippen molar-refractivity contribution in [2.75, 3.05) is 52.2 Å². The van der Waals surface area contributed by atoms with E-state index >= 15 is 0 Å². The van der Waals surface area contributed by atoms with Crippen LogP contribution in [0.25, 0.3) is 22.6 Å². The van der Waals surface area contributed by atoms with Gasteiger partial charge in [-0.05, 0) is 34.4 Å². The molecule has 0 bridgehead atoms. The van der Waals surface area contributed by atoms with Crippen LogP contribution in [0.3, 0.4) is 0 Å². The van der Waals surface area contributed by atoms with Crippen LogP contribution in [0.15, 0.2) is 18.3 Å². The van der Waals surface area contributed by atoms with Gasteiger partial charge in [0, 0.05) is 38.0 Å². The Bertz CT molecular complexity index is 1010. The molecular formula is C21H30FN7O2. The van der Waals surface area contributed by atoms with Gasteiger partial charge in [0.1, 0.15) is 0 Å². The van der Waals surface area contributed by atoms with E-state index in [4.69, 9.17) is 4.74 Å². The fourth-order valence-electron chi connectivity index (χ4n) is 3.26. The van der Waals surface area contributed by atoms with Crippen molar-refractivity contribution in [2.24, 2.45) is 0 Å². The minimum atomic E-state index is -0.458. The quantitative estimate of drug-likeness (QED) is 0.404. The molecule has 1 amide bonds. The van der Waals surface area contributed by atoms with Crippen molar-refractivity contribution >= 4 is 22.6 Å². The van der Waals surface area contributed by atoms with Gasteiger partial charge in [-0.2, -0.15) is 5.10 Å². The zero-order valence-corrected chi connectivity index (χ0v) is 18.5. The molecule has 0 radical (unpaired) electrons. The predicted octanol–water partition coefficient (Wildman–Crippen LogP) is 2.70. The predicted molar refractivity (Wildman–Crippen MR) is 119 cm³/mol. The molecule has 0 saturated carbocycles. The molecule has 9 nitrogen and oxygen atoms in total. The van der Waals surface area contributed by atoms with Crippen molar-refractivity contribution in [1.82, 2.24) is 30.0 Å². The monoisotopic (exact) mass is 431 g/mol. The largest absolute Gasteiger partial charge is 0.490 e. The number of nitrogens with zero attached hydrogens (tertiary/aromatic N) is 4. The van der Waals surface area contributed by atoms with Gasteiger partial charge in [0.15, 0.2) is 23.1 Å². The van der Waals surface area contributed by atoms with Crippen LogP contribution in [0.2, 0.25) is 0 Å². The second-order valence-corrected chi connectivity index (χ2v) is 7.46. The van der Waals surface area contributed by atoms with E-state index < -0.39 is 5.82 Å². The summed E-state index contributed by atoms with van der Waals surface area (Å²) >= 11 is 0. The van der Waals surface area contributed by atoms with Gasteiger partial charge < -0.3 is 24.8 Å². The standard InChI is InChI=1S/C21H30FN7O2/c1-5-29(6-2)19(30)13-23-17-12-24-27-20(17)21-25-15-10-14(22)18(11-16(15)26-21)31-9-7-8-28(3)4/h10-12,23H,5-9,13H2,1-4H3,(H,24,27)(H,25,26). The number of anilines is 1. The first-order chi connectivity index (χ1) is 14.9. The molecule has 3 aromatic rings. The number of rotatable bonds is 11. The molecule has 168 valence electrons. The number of imidazole rings is 1. The van der Waals surface area contributed by atoms with Crippen molar-refractivity contribution in [1.29, 1.82) is 0 Å². The molecule has 1 aromatic carbocycles. The van der Waals surface area contributed by atoms with Crippen LogP contribution in [-0.2, 0) is 4.79 Å². The van der Waals surface area contributed by atoms with Gasteiger partial charge in [0.05, 0.1) is 29.9 Å². The number of fused-ring (bicyclic) bond motifs is 1. The Morgan fingerprint density at radius 3 is 2.74 bits per heavy atom. The highest BCUT2D eigenvalue weighted by Crippen LogP contribution is 2.28. The van der Waals surface area contributed by atoms with E-state index in [-0.39, 0.29) is 18.2 Å². The number of halogens is 1. The van der Waals surface area contributed by atoms with Crippen molar-refractivity contribution < 1.29 is 13.9 Å². The highest BCUT2D eigenvalue weighted by molar-refractivity contribution is 5.85. The molecule has 3 N–H and O–H groups in total. The molecule has 0 spiro atoms. The first-order valence-corrected chi connectivity index (χ1v) is 10.5. The number of hydrogen-bond donors (Lipinski definition) is 3. The lowest BCUT2D eigenvalue weighted by Crippen LogP contribution is -2.35. The number of H-pyrrole nitrogens is 2. The van der Waals surface area contributed by atoms with E-state index in [2.05, 4.69) is 30.4 Å². The summed E-state index contributed by atoms with van der Waals surface area (Å²) in [5, 5.41) is 10.1. The van der Waals surface area contributed by atoms with Crippen molar-refractivity contribution in [2.45, 2.75) is 20.3 Å². The molecule has 0 atom stereocenters. The lowest BCUT2D eigenvalue weighted by molar-refractivity contribution is -0.128. The van der Waals surface area contributed by atoms with Crippen LogP contribution < -0.4 is 10.1 Å². The lowest BCUT2D eigenvalue weighted by Gasteiger charge is -2.18. The van der Waals surface area contributed by atoms with Crippen LogP contribution in [0.5, 0.6) is 5.75 Å². The van der Waals surface area contributed by atoms with Gasteiger partial charge in [0.2, 0.25) is 5.91 Å². The topological polar surface area (TPSA) is 102 Å². The van der Waals surface area contributed by atoms with Gasteiger partial charge in [-0.3, -0.25) is 9.89 Å². The van der Waals surface area contributed by atoms with E-state index in [1.54, 1.807) is 17.2 Å². The van der Waals surface area contributed by atoms with E-state index in [1.165, 1.54) is 6.07 Å². The molecule has 0 saturated heterocycles. The number of aromatic amines is 2. The van der Waals surface area contributed by atoms with Crippen LogP contribution in [0.1, 0.15) is 20.3 Å². The maximum absolute atomic E-state index is 14.4. The minimum absolute atomic E-state index is 0.000107. The molecule has 10 heteroatoms. The molecule has 2 aromatic heterocycles. The first-order valence-electron chi connectivity index (χ1n) is 10.5. The van der Waals surface area contributed by atoms with Crippen LogP contribution in [-0.4, -0.2) is 82.8 Å². The summed E-state index contributed by atoms with van der Waals surface area (Å²) in [7, 11) is 3.97. The molecule has 0 fully saturated rings. The van der Waals surface area contributed by atoms with E-state index in [0.717, 1.165) is 13.0 Å². The summed E-state index contributed by atoms with van der Waals surface area (Å²) in [4.78, 5) is 23.7. The zero-order valence-electron chi connectivity index (χ0n) is 18.5. The third kappa shape index (κ3) is 5.52. The Balaban J connectivity index is 1.74. The second kappa shape index (κ2) is 10.3. The molecular weight excluding hydrogens is 401 g/mol. The highest BCUT2D eigenvalue weighted by atomic mass is 19.1. The Labute approximate surface area is 181 Å². The maximum atomic E-state index is 14.4. The molecule has 31 heavy (non-hydrogen) atoms. The maximum Gasteiger partial charge on any atom is 0.241 e. The molecule has 3 rings (SSSR count). The molecule has 2 heterocycles. The normalized spacial score (nSPS) is 11.3. The van der Waals surface area contributed by atoms with Crippen LogP contribution >= 0.6 is 0 Å². The van der Waals surface area contributed by atoms with Gasteiger partial charge in [-0.1, -0.05) is 0 Å². The van der Waals surface area contributed by atoms with Crippen molar-refractivity contribution in [3.05, 3.63) is 24.1 Å². The molecule has 0 aliphatic rings. The smallest absolute Gasteiger partial charge is 0.241 e. The molecule has 0 unspecified atom stereocenters. The number of carbonyl (C=O) groups excluding carboxylic acids is 1. The zero-order chi connectivity index (χ0) is 22.4. The minimum Gasteiger partial charge on any atom is -0.490 e. The van der Waals surface area contributed by atoms with Gasteiger partial charge in [-0.25, -0.2) is 9.37 Å². The van der Waals surface area contributed by atoms with E-state index in [0.29, 0.717) is 47.9 Å².